The van der Waals surface area contributed by atoms with Crippen molar-refractivity contribution in [2.45, 2.75) is 37.1 Å². The molecule has 0 saturated heterocycles. The van der Waals surface area contributed by atoms with Crippen molar-refractivity contribution in [1.82, 2.24) is 5.32 Å². The first-order valence-corrected chi connectivity index (χ1v) is 9.62. The maximum atomic E-state index is 12.8. The molecule has 13 heteroatoms. The van der Waals surface area contributed by atoms with Gasteiger partial charge in [0, 0.05) is 17.5 Å². The Kier molecular flexibility index (Phi) is 6.56. The molecule has 3 atom stereocenters. The van der Waals surface area contributed by atoms with E-state index in [4.69, 9.17) is 11.6 Å². The molecule has 1 N–H and O–H groups in total. The number of allylic oxidation sites excluding steroid dienone is 4. The van der Waals surface area contributed by atoms with E-state index in [9.17, 15) is 39.6 Å². The molecule has 1 aliphatic heterocycles. The number of hydrogen-bond donors (Lipinski definition) is 1. The number of rotatable bonds is 4. The molecule has 0 aromatic carbocycles. The first kappa shape index (κ1) is 22.8. The van der Waals surface area contributed by atoms with Gasteiger partial charge in [-0.05, 0) is 31.4 Å². The first-order valence-electron chi connectivity index (χ1n) is 7.84. The van der Waals surface area contributed by atoms with Gasteiger partial charge >= 0.3 is 21.8 Å². The fourth-order valence-corrected chi connectivity index (χ4v) is 3.86. The molecule has 1 fully saturated rings. The lowest BCUT2D eigenvalue weighted by atomic mass is 9.76. The number of hydrogen-bond acceptors (Lipinski definition) is 5. The SMILES string of the molecule is O=C(C1CCC(OS(=O)(=O)C(F)(F)F)C(C2=CC=CC=C(Cl)N2)C1)C(F)(F)F. The number of ketones is 1. The zero-order chi connectivity index (χ0) is 21.3. The average Bonchev–Trinajstić information content (AvgIpc) is 2.76. The van der Waals surface area contributed by atoms with Crippen LogP contribution in [0.3, 0.4) is 0 Å². The third-order valence-electron chi connectivity index (χ3n) is 4.26. The van der Waals surface area contributed by atoms with Gasteiger partial charge in [-0.3, -0.25) is 8.98 Å². The van der Waals surface area contributed by atoms with E-state index in [0.717, 1.165) is 0 Å². The van der Waals surface area contributed by atoms with E-state index < -0.39 is 64.8 Å². The highest BCUT2D eigenvalue weighted by Crippen LogP contribution is 2.41. The van der Waals surface area contributed by atoms with E-state index in [2.05, 4.69) is 9.50 Å². The Labute approximate surface area is 161 Å². The maximum absolute atomic E-state index is 12.8. The second kappa shape index (κ2) is 8.07. The molecule has 0 radical (unpaired) electrons. The molecule has 0 aromatic rings. The molecule has 1 aliphatic carbocycles. The third kappa shape index (κ3) is 5.29. The minimum absolute atomic E-state index is 0.00157. The van der Waals surface area contributed by atoms with Crippen molar-refractivity contribution < 1.29 is 43.7 Å². The zero-order valence-electron chi connectivity index (χ0n) is 13.8. The predicted octanol–water partition coefficient (Wildman–Crippen LogP) is 3.89. The van der Waals surface area contributed by atoms with Gasteiger partial charge in [0.15, 0.2) is 0 Å². The van der Waals surface area contributed by atoms with Crippen LogP contribution in [0.25, 0.3) is 0 Å². The molecule has 28 heavy (non-hydrogen) atoms. The summed E-state index contributed by atoms with van der Waals surface area (Å²) in [5.41, 5.74) is -5.66. The number of carbonyl (C=O) groups is 1. The lowest BCUT2D eigenvalue weighted by molar-refractivity contribution is -0.177. The Balaban J connectivity index is 2.34. The van der Waals surface area contributed by atoms with Crippen LogP contribution >= 0.6 is 11.6 Å². The lowest BCUT2D eigenvalue weighted by Gasteiger charge is -2.36. The molecule has 2 rings (SSSR count). The van der Waals surface area contributed by atoms with Crippen LogP contribution in [0.15, 0.2) is 35.2 Å². The van der Waals surface area contributed by atoms with Crippen LogP contribution in [-0.2, 0) is 19.1 Å². The molecule has 158 valence electrons. The van der Waals surface area contributed by atoms with Gasteiger partial charge in [-0.2, -0.15) is 34.8 Å². The third-order valence-corrected chi connectivity index (χ3v) is 5.55. The monoisotopic (exact) mass is 453 g/mol. The maximum Gasteiger partial charge on any atom is 0.523 e. The molecule has 0 amide bonds. The zero-order valence-corrected chi connectivity index (χ0v) is 15.4. The number of halogens is 7. The largest absolute Gasteiger partial charge is 0.523 e. The summed E-state index contributed by atoms with van der Waals surface area (Å²) in [6.07, 6.45) is -2.75. The molecular weight excluding hydrogens is 440 g/mol. The highest BCUT2D eigenvalue weighted by molar-refractivity contribution is 7.87. The average molecular weight is 454 g/mol. The van der Waals surface area contributed by atoms with Crippen molar-refractivity contribution in [3.63, 3.8) is 0 Å². The number of nitrogens with one attached hydrogen (secondary N) is 1. The standard InChI is InChI=1S/C15H14ClF6NO4S/c16-12-4-2-1-3-10(23-12)9-7-8(13(24)14(17,18)19)5-6-11(9)27-28(25,26)15(20,21)22/h1-4,8-9,11,23H,5-7H2. The number of carbonyl (C=O) groups excluding carboxylic acids is 1. The molecule has 5 nitrogen and oxygen atoms in total. The van der Waals surface area contributed by atoms with Gasteiger partial charge in [-0.15, -0.1) is 0 Å². The highest BCUT2D eigenvalue weighted by Gasteiger charge is 2.52. The van der Waals surface area contributed by atoms with Crippen molar-refractivity contribution in [3.05, 3.63) is 35.2 Å². The van der Waals surface area contributed by atoms with Crippen molar-refractivity contribution in [3.8, 4) is 0 Å². The Hall–Kier alpha value is -1.53. The van der Waals surface area contributed by atoms with Gasteiger partial charge in [-0.1, -0.05) is 23.8 Å². The van der Waals surface area contributed by atoms with Gasteiger partial charge in [-0.25, -0.2) is 0 Å². The molecule has 0 aromatic heterocycles. The van der Waals surface area contributed by atoms with Gasteiger partial charge in [0.2, 0.25) is 5.78 Å². The normalized spacial score (nSPS) is 26.8. The van der Waals surface area contributed by atoms with Crippen molar-refractivity contribution in [1.29, 1.82) is 0 Å². The van der Waals surface area contributed by atoms with Crippen LogP contribution in [0, 0.1) is 11.8 Å². The van der Waals surface area contributed by atoms with Crippen LogP contribution in [0.4, 0.5) is 26.3 Å². The summed E-state index contributed by atoms with van der Waals surface area (Å²) in [7, 11) is -5.99. The van der Waals surface area contributed by atoms with Crippen LogP contribution in [0.5, 0.6) is 0 Å². The first-order chi connectivity index (χ1) is 12.7. The Morgan fingerprint density at radius 1 is 1.11 bits per heavy atom. The van der Waals surface area contributed by atoms with Crippen molar-refractivity contribution in [2.75, 3.05) is 0 Å². The van der Waals surface area contributed by atoms with Crippen LogP contribution in [0.2, 0.25) is 0 Å². The van der Waals surface area contributed by atoms with Crippen molar-refractivity contribution >= 4 is 27.5 Å². The van der Waals surface area contributed by atoms with E-state index in [-0.39, 0.29) is 10.9 Å². The minimum atomic E-state index is -5.99. The van der Waals surface area contributed by atoms with Gasteiger partial charge < -0.3 is 5.32 Å². The van der Waals surface area contributed by atoms with Crippen molar-refractivity contribution in [2.24, 2.45) is 11.8 Å². The van der Waals surface area contributed by atoms with Crippen LogP contribution in [0.1, 0.15) is 19.3 Å². The number of Topliss-reactive ketones (excluding diaryl/α,β-unsaturated/α-hetero) is 1. The van der Waals surface area contributed by atoms with Gasteiger partial charge in [0.1, 0.15) is 5.16 Å². The molecule has 1 heterocycles. The smallest absolute Gasteiger partial charge is 0.349 e. The summed E-state index contributed by atoms with van der Waals surface area (Å²) in [6, 6.07) is 0. The Morgan fingerprint density at radius 3 is 2.29 bits per heavy atom. The molecular formula is C15H14ClF6NO4S. The Bertz CT molecular complexity index is 815. The van der Waals surface area contributed by atoms with Gasteiger partial charge in [0.25, 0.3) is 0 Å². The summed E-state index contributed by atoms with van der Waals surface area (Å²) in [5.74, 6) is -4.84. The van der Waals surface area contributed by atoms with Gasteiger partial charge in [0.05, 0.1) is 6.10 Å². The summed E-state index contributed by atoms with van der Waals surface area (Å²) >= 11 is 5.83. The molecule has 3 unspecified atom stereocenters. The highest BCUT2D eigenvalue weighted by atomic mass is 35.5. The lowest BCUT2D eigenvalue weighted by Crippen LogP contribution is -2.43. The molecule has 2 aliphatic rings. The van der Waals surface area contributed by atoms with E-state index >= 15 is 0 Å². The van der Waals surface area contributed by atoms with E-state index in [1.165, 1.54) is 24.3 Å². The Morgan fingerprint density at radius 2 is 1.71 bits per heavy atom. The molecule has 1 saturated carbocycles. The summed E-state index contributed by atoms with van der Waals surface area (Å²) in [6.45, 7) is 0. The summed E-state index contributed by atoms with van der Waals surface area (Å²) in [5, 5.41) is 2.58. The topological polar surface area (TPSA) is 72.5 Å². The fraction of sp³-hybridized carbons (Fsp3) is 0.533. The summed E-state index contributed by atoms with van der Waals surface area (Å²) < 4.78 is 103. The predicted molar refractivity (Wildman–Crippen MR) is 86.0 cm³/mol. The quantitative estimate of drug-likeness (QED) is 0.302. The van der Waals surface area contributed by atoms with Crippen LogP contribution in [-0.4, -0.2) is 32.0 Å². The summed E-state index contributed by atoms with van der Waals surface area (Å²) in [4.78, 5) is 11.6. The number of alkyl halides is 6. The molecule has 0 bridgehead atoms. The van der Waals surface area contributed by atoms with Crippen LogP contribution < -0.4 is 5.32 Å². The van der Waals surface area contributed by atoms with E-state index in [0.29, 0.717) is 0 Å². The van der Waals surface area contributed by atoms with E-state index in [1.807, 2.05) is 0 Å². The second-order valence-electron chi connectivity index (χ2n) is 6.16. The second-order valence-corrected chi connectivity index (χ2v) is 8.13. The van der Waals surface area contributed by atoms with E-state index in [1.54, 1.807) is 0 Å². The fourth-order valence-electron chi connectivity index (χ4n) is 3.01. The molecule has 0 spiro atoms. The minimum Gasteiger partial charge on any atom is -0.349 e.